The van der Waals surface area contributed by atoms with Gasteiger partial charge in [-0.05, 0) is 64.2 Å². The normalized spacial score (nSPS) is 12.5. The van der Waals surface area contributed by atoms with Crippen molar-refractivity contribution in [3.8, 4) is 0 Å². The lowest BCUT2D eigenvalue weighted by atomic mass is 10.1. The molecule has 1 rings (SSSR count). The predicted octanol–water partition coefficient (Wildman–Crippen LogP) is 2.48. The van der Waals surface area contributed by atoms with Crippen LogP contribution in [-0.2, 0) is 0 Å². The van der Waals surface area contributed by atoms with E-state index in [1.807, 2.05) is 19.1 Å². The average Bonchev–Trinajstić information content (AvgIpc) is 2.30. The lowest BCUT2D eigenvalue weighted by Gasteiger charge is -2.19. The Hall–Kier alpha value is -1.48. The first-order chi connectivity index (χ1) is 8.40. The summed E-state index contributed by atoms with van der Waals surface area (Å²) in [5, 5.41) is 3.44. The van der Waals surface area contributed by atoms with Gasteiger partial charge in [-0.3, -0.25) is 0 Å². The summed E-state index contributed by atoms with van der Waals surface area (Å²) in [5.74, 6) is 0. The van der Waals surface area contributed by atoms with Gasteiger partial charge in [-0.2, -0.15) is 0 Å². The first-order valence-electron chi connectivity index (χ1n) is 6.37. The Morgan fingerprint density at radius 1 is 1.44 bits per heavy atom. The molecule has 0 heterocycles. The van der Waals surface area contributed by atoms with Crippen LogP contribution < -0.4 is 11.1 Å². The van der Waals surface area contributed by atoms with Gasteiger partial charge in [0.1, 0.15) is 0 Å². The Balaban J connectivity index is 2.56. The number of nitrogens with one attached hydrogen (secondary N) is 1. The first-order valence-corrected chi connectivity index (χ1v) is 6.37. The number of hydrogen-bond acceptors (Lipinski definition) is 3. The SMILES string of the molecule is C=C(NC(C)CCN(C)C)c1ccc(N)c(C)c1. The zero-order valence-corrected chi connectivity index (χ0v) is 12.0. The van der Waals surface area contributed by atoms with Crippen LogP contribution in [0.1, 0.15) is 24.5 Å². The molecular weight excluding hydrogens is 222 g/mol. The Labute approximate surface area is 111 Å². The zero-order chi connectivity index (χ0) is 13.7. The van der Waals surface area contributed by atoms with Crippen molar-refractivity contribution in [2.45, 2.75) is 26.3 Å². The van der Waals surface area contributed by atoms with Crippen molar-refractivity contribution < 1.29 is 0 Å². The number of aryl methyl sites for hydroxylation is 1. The van der Waals surface area contributed by atoms with E-state index in [1.165, 1.54) is 0 Å². The van der Waals surface area contributed by atoms with Gasteiger partial charge in [0.25, 0.3) is 0 Å². The van der Waals surface area contributed by atoms with Crippen molar-refractivity contribution in [2.75, 3.05) is 26.4 Å². The monoisotopic (exact) mass is 247 g/mol. The minimum Gasteiger partial charge on any atom is -0.399 e. The molecule has 1 aromatic carbocycles. The second-order valence-electron chi connectivity index (χ2n) is 5.19. The third-order valence-electron chi connectivity index (χ3n) is 3.05. The highest BCUT2D eigenvalue weighted by Gasteiger charge is 2.06. The Kier molecular flexibility index (Phi) is 5.23. The molecule has 1 aromatic rings. The Morgan fingerprint density at radius 3 is 2.67 bits per heavy atom. The van der Waals surface area contributed by atoms with E-state index in [0.29, 0.717) is 6.04 Å². The lowest BCUT2D eigenvalue weighted by molar-refractivity contribution is 0.377. The van der Waals surface area contributed by atoms with Crippen LogP contribution in [0.2, 0.25) is 0 Å². The highest BCUT2D eigenvalue weighted by atomic mass is 15.1. The Morgan fingerprint density at radius 2 is 2.11 bits per heavy atom. The van der Waals surface area contributed by atoms with Crippen LogP contribution in [-0.4, -0.2) is 31.6 Å². The van der Waals surface area contributed by atoms with Crippen LogP contribution in [0.4, 0.5) is 5.69 Å². The molecule has 0 spiro atoms. The highest BCUT2D eigenvalue weighted by Crippen LogP contribution is 2.17. The summed E-state index contributed by atoms with van der Waals surface area (Å²) in [7, 11) is 4.18. The average molecular weight is 247 g/mol. The molecule has 0 amide bonds. The molecule has 18 heavy (non-hydrogen) atoms. The van der Waals surface area contributed by atoms with Crippen molar-refractivity contribution >= 4 is 11.4 Å². The molecule has 1 atom stereocenters. The third kappa shape index (κ3) is 4.41. The molecule has 3 nitrogen and oxygen atoms in total. The fourth-order valence-corrected chi connectivity index (χ4v) is 1.77. The summed E-state index contributed by atoms with van der Waals surface area (Å²) in [6, 6.07) is 6.43. The molecule has 0 saturated carbocycles. The molecule has 0 radical (unpaired) electrons. The summed E-state index contributed by atoms with van der Waals surface area (Å²) in [4.78, 5) is 2.19. The fourth-order valence-electron chi connectivity index (χ4n) is 1.77. The molecule has 0 aromatic heterocycles. The van der Waals surface area contributed by atoms with Gasteiger partial charge in [-0.1, -0.05) is 12.6 Å². The fraction of sp³-hybridized carbons (Fsp3) is 0.467. The molecule has 0 bridgehead atoms. The van der Waals surface area contributed by atoms with E-state index in [4.69, 9.17) is 5.73 Å². The predicted molar refractivity (Wildman–Crippen MR) is 80.4 cm³/mol. The quantitative estimate of drug-likeness (QED) is 0.759. The maximum atomic E-state index is 5.82. The van der Waals surface area contributed by atoms with E-state index in [1.54, 1.807) is 0 Å². The van der Waals surface area contributed by atoms with E-state index < -0.39 is 0 Å². The first kappa shape index (κ1) is 14.6. The number of nitrogen functional groups attached to an aromatic ring is 1. The van der Waals surface area contributed by atoms with Gasteiger partial charge in [0.15, 0.2) is 0 Å². The van der Waals surface area contributed by atoms with Crippen LogP contribution in [0, 0.1) is 6.92 Å². The summed E-state index contributed by atoms with van der Waals surface area (Å²) >= 11 is 0. The van der Waals surface area contributed by atoms with E-state index >= 15 is 0 Å². The van der Waals surface area contributed by atoms with E-state index in [2.05, 4.69) is 43.9 Å². The zero-order valence-electron chi connectivity index (χ0n) is 12.0. The van der Waals surface area contributed by atoms with Crippen LogP contribution in [0.15, 0.2) is 24.8 Å². The van der Waals surface area contributed by atoms with E-state index in [9.17, 15) is 0 Å². The molecule has 0 aliphatic carbocycles. The van der Waals surface area contributed by atoms with Crippen LogP contribution in [0.25, 0.3) is 5.70 Å². The van der Waals surface area contributed by atoms with Gasteiger partial charge in [-0.15, -0.1) is 0 Å². The van der Waals surface area contributed by atoms with Gasteiger partial charge in [0, 0.05) is 17.4 Å². The standard InChI is InChI=1S/C15H25N3/c1-11-10-14(6-7-15(11)16)13(3)17-12(2)8-9-18(4)5/h6-7,10,12,17H,3,8-9,16H2,1-2,4-5H3. The van der Waals surface area contributed by atoms with E-state index in [0.717, 1.165) is 35.5 Å². The number of hydrogen-bond donors (Lipinski definition) is 2. The van der Waals surface area contributed by atoms with Crippen LogP contribution >= 0.6 is 0 Å². The number of nitrogens with zero attached hydrogens (tertiary/aromatic N) is 1. The molecule has 0 fully saturated rings. The highest BCUT2D eigenvalue weighted by molar-refractivity contribution is 5.65. The number of rotatable bonds is 6. The Bertz CT molecular complexity index is 410. The molecule has 0 aliphatic heterocycles. The van der Waals surface area contributed by atoms with Gasteiger partial charge in [0.2, 0.25) is 0 Å². The summed E-state index contributed by atoms with van der Waals surface area (Å²) in [5.41, 5.74) is 9.81. The molecule has 3 heteroatoms. The van der Waals surface area contributed by atoms with Crippen molar-refractivity contribution in [3.05, 3.63) is 35.9 Å². The molecule has 100 valence electrons. The number of benzene rings is 1. The number of anilines is 1. The van der Waals surface area contributed by atoms with Crippen molar-refractivity contribution in [2.24, 2.45) is 0 Å². The van der Waals surface area contributed by atoms with Crippen LogP contribution in [0.5, 0.6) is 0 Å². The summed E-state index contributed by atoms with van der Waals surface area (Å²) < 4.78 is 0. The minimum atomic E-state index is 0.415. The van der Waals surface area contributed by atoms with Gasteiger partial charge in [-0.25, -0.2) is 0 Å². The smallest absolute Gasteiger partial charge is 0.0344 e. The number of nitrogens with two attached hydrogens (primary N) is 1. The van der Waals surface area contributed by atoms with Gasteiger partial charge >= 0.3 is 0 Å². The lowest BCUT2D eigenvalue weighted by Crippen LogP contribution is -2.28. The molecular formula is C15H25N3. The second kappa shape index (κ2) is 6.45. The second-order valence-corrected chi connectivity index (χ2v) is 5.19. The minimum absolute atomic E-state index is 0.415. The maximum absolute atomic E-state index is 5.82. The van der Waals surface area contributed by atoms with Crippen LogP contribution in [0.3, 0.4) is 0 Å². The summed E-state index contributed by atoms with van der Waals surface area (Å²) in [6.45, 7) is 9.36. The molecule has 0 saturated heterocycles. The summed E-state index contributed by atoms with van der Waals surface area (Å²) in [6.07, 6.45) is 1.10. The van der Waals surface area contributed by atoms with E-state index in [-0.39, 0.29) is 0 Å². The van der Waals surface area contributed by atoms with Gasteiger partial charge in [0.05, 0.1) is 0 Å². The maximum Gasteiger partial charge on any atom is 0.0344 e. The third-order valence-corrected chi connectivity index (χ3v) is 3.05. The molecule has 1 unspecified atom stereocenters. The molecule has 0 aliphatic rings. The molecule has 3 N–H and O–H groups in total. The topological polar surface area (TPSA) is 41.3 Å². The van der Waals surface area contributed by atoms with Gasteiger partial charge < -0.3 is 16.0 Å². The largest absolute Gasteiger partial charge is 0.399 e. The van der Waals surface area contributed by atoms with Crippen molar-refractivity contribution in [3.63, 3.8) is 0 Å². The van der Waals surface area contributed by atoms with Crippen molar-refractivity contribution in [1.29, 1.82) is 0 Å². The van der Waals surface area contributed by atoms with Crippen molar-refractivity contribution in [1.82, 2.24) is 10.2 Å².